The van der Waals surface area contributed by atoms with Crippen molar-refractivity contribution in [2.45, 2.75) is 11.0 Å². The molecule has 0 aliphatic carbocycles. The SMILES string of the molecule is O=C1C=C(C(F)(F)F)C(Br)C=N1. The van der Waals surface area contributed by atoms with Crippen LogP contribution in [-0.2, 0) is 4.79 Å². The molecule has 1 atom stereocenters. The quantitative estimate of drug-likeness (QED) is 0.596. The van der Waals surface area contributed by atoms with Crippen molar-refractivity contribution in [3.05, 3.63) is 11.6 Å². The Morgan fingerprint density at radius 1 is 1.50 bits per heavy atom. The Morgan fingerprint density at radius 2 is 2.08 bits per heavy atom. The first-order valence-electron chi connectivity index (χ1n) is 2.92. The Labute approximate surface area is 74.3 Å². The van der Waals surface area contributed by atoms with Crippen LogP contribution < -0.4 is 0 Å². The van der Waals surface area contributed by atoms with Crippen LogP contribution in [0.3, 0.4) is 0 Å². The Morgan fingerprint density at radius 3 is 2.50 bits per heavy atom. The molecule has 0 radical (unpaired) electrons. The third-order valence-corrected chi connectivity index (χ3v) is 1.97. The summed E-state index contributed by atoms with van der Waals surface area (Å²) in [6.45, 7) is 0. The monoisotopic (exact) mass is 241 g/mol. The number of allylic oxidation sites excluding steroid dienone is 1. The summed E-state index contributed by atoms with van der Waals surface area (Å²) in [7, 11) is 0. The normalized spacial score (nSPS) is 24.2. The van der Waals surface area contributed by atoms with Crippen LogP contribution in [0.4, 0.5) is 13.2 Å². The fourth-order valence-electron chi connectivity index (χ4n) is 0.707. The van der Waals surface area contributed by atoms with Crippen LogP contribution >= 0.6 is 15.9 Å². The largest absolute Gasteiger partial charge is 0.414 e. The number of rotatable bonds is 0. The number of aliphatic imine (C=N–C) groups is 1. The van der Waals surface area contributed by atoms with Crippen LogP contribution in [0.2, 0.25) is 0 Å². The second-order valence-electron chi connectivity index (χ2n) is 2.12. The zero-order valence-electron chi connectivity index (χ0n) is 5.60. The van der Waals surface area contributed by atoms with Gasteiger partial charge < -0.3 is 0 Å². The highest BCUT2D eigenvalue weighted by Crippen LogP contribution is 2.32. The summed E-state index contributed by atoms with van der Waals surface area (Å²) >= 11 is 2.73. The molecule has 2 nitrogen and oxygen atoms in total. The first-order chi connectivity index (χ1) is 5.41. The van der Waals surface area contributed by atoms with Crippen LogP contribution in [0.15, 0.2) is 16.6 Å². The summed E-state index contributed by atoms with van der Waals surface area (Å²) in [5.74, 6) is -0.877. The third-order valence-electron chi connectivity index (χ3n) is 1.24. The summed E-state index contributed by atoms with van der Waals surface area (Å²) < 4.78 is 36.2. The highest BCUT2D eigenvalue weighted by atomic mass is 79.9. The van der Waals surface area contributed by atoms with Crippen LogP contribution in [0, 0.1) is 0 Å². The van der Waals surface area contributed by atoms with Gasteiger partial charge in [0.1, 0.15) is 0 Å². The number of amides is 1. The van der Waals surface area contributed by atoms with Gasteiger partial charge in [0.05, 0.1) is 10.4 Å². The number of hydrogen-bond acceptors (Lipinski definition) is 1. The number of carbonyl (C=O) groups excluding carboxylic acids is 1. The smallest absolute Gasteiger partial charge is 0.267 e. The van der Waals surface area contributed by atoms with E-state index >= 15 is 0 Å². The van der Waals surface area contributed by atoms with E-state index in [2.05, 4.69) is 20.9 Å². The highest BCUT2D eigenvalue weighted by molar-refractivity contribution is 9.10. The topological polar surface area (TPSA) is 29.4 Å². The van der Waals surface area contributed by atoms with Gasteiger partial charge in [-0.25, -0.2) is 4.99 Å². The van der Waals surface area contributed by atoms with Crippen molar-refractivity contribution in [3.8, 4) is 0 Å². The number of nitrogens with zero attached hydrogens (tertiary/aromatic N) is 1. The van der Waals surface area contributed by atoms with Gasteiger partial charge in [0.15, 0.2) is 0 Å². The van der Waals surface area contributed by atoms with Gasteiger partial charge in [-0.1, -0.05) is 15.9 Å². The minimum Gasteiger partial charge on any atom is -0.267 e. The van der Waals surface area contributed by atoms with Crippen LogP contribution in [-0.4, -0.2) is 23.1 Å². The summed E-state index contributed by atoms with van der Waals surface area (Å²) in [4.78, 5) is 12.6. The molecule has 1 rings (SSSR count). The molecular formula is C6H3BrF3NO. The Bertz CT molecular complexity index is 268. The molecule has 6 heteroatoms. The lowest BCUT2D eigenvalue weighted by atomic mass is 10.1. The zero-order chi connectivity index (χ0) is 9.35. The van der Waals surface area contributed by atoms with E-state index in [9.17, 15) is 18.0 Å². The van der Waals surface area contributed by atoms with Gasteiger partial charge in [-0.3, -0.25) is 4.79 Å². The molecule has 1 aliphatic heterocycles. The molecule has 1 unspecified atom stereocenters. The van der Waals surface area contributed by atoms with E-state index in [4.69, 9.17) is 0 Å². The van der Waals surface area contributed by atoms with Gasteiger partial charge in [0, 0.05) is 12.3 Å². The number of hydrogen-bond donors (Lipinski definition) is 0. The average Bonchev–Trinajstić information content (AvgIpc) is 1.92. The van der Waals surface area contributed by atoms with Crippen LogP contribution in [0.1, 0.15) is 0 Å². The van der Waals surface area contributed by atoms with Crippen LogP contribution in [0.25, 0.3) is 0 Å². The first-order valence-corrected chi connectivity index (χ1v) is 3.84. The molecule has 0 N–H and O–H groups in total. The molecule has 0 fully saturated rings. The lowest BCUT2D eigenvalue weighted by Gasteiger charge is -2.15. The maximum atomic E-state index is 12.1. The number of halogens is 4. The number of dihydropyridines is 1. The molecule has 0 aromatic heterocycles. The molecule has 0 saturated carbocycles. The van der Waals surface area contributed by atoms with E-state index in [-0.39, 0.29) is 0 Å². The van der Waals surface area contributed by atoms with E-state index in [1.807, 2.05) is 0 Å². The highest BCUT2D eigenvalue weighted by Gasteiger charge is 2.38. The molecule has 0 aromatic rings. The van der Waals surface area contributed by atoms with Gasteiger partial charge >= 0.3 is 6.18 Å². The standard InChI is InChI=1S/C6H3BrF3NO/c7-4-2-11-5(12)1-3(4)6(8,9)10/h1-2,4H. The summed E-state index contributed by atoms with van der Waals surface area (Å²) in [6.07, 6.45) is -3.07. The van der Waals surface area contributed by atoms with Crippen LogP contribution in [0.5, 0.6) is 0 Å². The van der Waals surface area contributed by atoms with E-state index in [0.717, 1.165) is 6.21 Å². The number of alkyl halides is 4. The maximum absolute atomic E-state index is 12.1. The van der Waals surface area contributed by atoms with Crippen molar-refractivity contribution < 1.29 is 18.0 Å². The molecule has 0 spiro atoms. The van der Waals surface area contributed by atoms with Gasteiger partial charge in [0.2, 0.25) is 0 Å². The Balaban J connectivity index is 2.97. The predicted molar refractivity (Wildman–Crippen MR) is 40.4 cm³/mol. The van der Waals surface area contributed by atoms with E-state index < -0.39 is 22.5 Å². The minimum atomic E-state index is -4.48. The molecule has 66 valence electrons. The zero-order valence-corrected chi connectivity index (χ0v) is 7.19. The first kappa shape index (κ1) is 9.44. The van der Waals surface area contributed by atoms with E-state index in [1.165, 1.54) is 0 Å². The molecule has 1 amide bonds. The third kappa shape index (κ3) is 1.94. The Kier molecular flexibility index (Phi) is 2.36. The molecule has 0 saturated heterocycles. The molecule has 1 aliphatic rings. The maximum Gasteiger partial charge on any atom is 0.414 e. The summed E-state index contributed by atoms with van der Waals surface area (Å²) in [6, 6.07) is 0. The Hall–Kier alpha value is -0.650. The van der Waals surface area contributed by atoms with Gasteiger partial charge in [-0.2, -0.15) is 13.2 Å². The predicted octanol–water partition coefficient (Wildman–Crippen LogP) is 1.85. The second kappa shape index (κ2) is 3.01. The molecule has 0 bridgehead atoms. The van der Waals surface area contributed by atoms with Crippen molar-refractivity contribution >= 4 is 28.1 Å². The summed E-state index contributed by atoms with van der Waals surface area (Å²) in [5.41, 5.74) is -0.914. The fraction of sp³-hybridized carbons (Fsp3) is 0.333. The van der Waals surface area contributed by atoms with Crippen molar-refractivity contribution in [2.24, 2.45) is 4.99 Å². The average molecular weight is 242 g/mol. The fourth-order valence-corrected chi connectivity index (χ4v) is 1.22. The molecule has 1 heterocycles. The second-order valence-corrected chi connectivity index (χ2v) is 3.10. The molecule has 0 aromatic carbocycles. The van der Waals surface area contributed by atoms with Crippen molar-refractivity contribution in [1.82, 2.24) is 0 Å². The lowest BCUT2D eigenvalue weighted by molar-refractivity contribution is -0.115. The van der Waals surface area contributed by atoms with Gasteiger partial charge in [-0.15, -0.1) is 0 Å². The van der Waals surface area contributed by atoms with E-state index in [1.54, 1.807) is 0 Å². The van der Waals surface area contributed by atoms with Gasteiger partial charge in [0.25, 0.3) is 5.91 Å². The van der Waals surface area contributed by atoms with Crippen molar-refractivity contribution in [1.29, 1.82) is 0 Å². The summed E-state index contributed by atoms with van der Waals surface area (Å²) in [5, 5.41) is 0. The lowest BCUT2D eigenvalue weighted by Crippen LogP contribution is -2.24. The van der Waals surface area contributed by atoms with Gasteiger partial charge in [-0.05, 0) is 0 Å². The van der Waals surface area contributed by atoms with Crippen molar-refractivity contribution in [3.63, 3.8) is 0 Å². The van der Waals surface area contributed by atoms with E-state index in [0.29, 0.717) is 6.08 Å². The molecular weight excluding hydrogens is 239 g/mol. The number of carbonyl (C=O) groups is 1. The molecule has 12 heavy (non-hydrogen) atoms. The minimum absolute atomic E-state index is 0.486. The van der Waals surface area contributed by atoms with Crippen molar-refractivity contribution in [2.75, 3.05) is 0 Å².